The average Bonchev–Trinajstić information content (AvgIpc) is 3.25. The Morgan fingerprint density at radius 1 is 1.36 bits per heavy atom. The molecule has 1 aliphatic heterocycles. The van der Waals surface area contributed by atoms with E-state index < -0.39 is 0 Å². The van der Waals surface area contributed by atoms with E-state index in [0.717, 1.165) is 41.2 Å². The largest absolute Gasteiger partial charge is 0.345 e. The SMILES string of the molecule is CC(C)c1nc(C2CCCN2c2ncnc3ccsc23)no1. The second kappa shape index (κ2) is 5.31. The highest BCUT2D eigenvalue weighted by molar-refractivity contribution is 7.17. The van der Waals surface area contributed by atoms with Crippen molar-refractivity contribution in [3.63, 3.8) is 0 Å². The lowest BCUT2D eigenvalue weighted by atomic mass is 10.2. The summed E-state index contributed by atoms with van der Waals surface area (Å²) < 4.78 is 6.50. The van der Waals surface area contributed by atoms with Crippen LogP contribution in [0, 0.1) is 0 Å². The molecule has 4 heterocycles. The molecule has 0 spiro atoms. The van der Waals surface area contributed by atoms with Crippen LogP contribution < -0.4 is 4.90 Å². The van der Waals surface area contributed by atoms with Crippen LogP contribution in [0.25, 0.3) is 10.2 Å². The first kappa shape index (κ1) is 13.6. The van der Waals surface area contributed by atoms with Crippen molar-refractivity contribution in [2.24, 2.45) is 0 Å². The third kappa shape index (κ3) is 2.16. The topological polar surface area (TPSA) is 67.9 Å². The molecule has 7 heteroatoms. The molecule has 0 bridgehead atoms. The Kier molecular flexibility index (Phi) is 3.29. The highest BCUT2D eigenvalue weighted by Gasteiger charge is 2.32. The molecule has 114 valence electrons. The quantitative estimate of drug-likeness (QED) is 0.736. The predicted molar refractivity (Wildman–Crippen MR) is 85.1 cm³/mol. The minimum atomic E-state index is 0.136. The number of thiophene rings is 1. The Morgan fingerprint density at radius 2 is 2.27 bits per heavy atom. The van der Waals surface area contributed by atoms with Gasteiger partial charge in [-0.3, -0.25) is 0 Å². The van der Waals surface area contributed by atoms with Gasteiger partial charge >= 0.3 is 0 Å². The van der Waals surface area contributed by atoms with Crippen molar-refractivity contribution in [2.45, 2.75) is 38.6 Å². The summed E-state index contributed by atoms with van der Waals surface area (Å²) in [5.74, 6) is 2.70. The van der Waals surface area contributed by atoms with Gasteiger partial charge in [0, 0.05) is 12.5 Å². The van der Waals surface area contributed by atoms with Crippen LogP contribution in [0.1, 0.15) is 50.4 Å². The second-order valence-corrected chi connectivity index (χ2v) is 6.75. The van der Waals surface area contributed by atoms with E-state index in [1.54, 1.807) is 17.7 Å². The van der Waals surface area contributed by atoms with Crippen LogP contribution in [-0.4, -0.2) is 26.7 Å². The molecule has 6 nitrogen and oxygen atoms in total. The van der Waals surface area contributed by atoms with E-state index in [2.05, 4.69) is 44.2 Å². The highest BCUT2D eigenvalue weighted by Crippen LogP contribution is 2.38. The molecule has 1 unspecified atom stereocenters. The maximum atomic E-state index is 5.38. The number of nitrogens with zero attached hydrogens (tertiary/aromatic N) is 5. The van der Waals surface area contributed by atoms with Gasteiger partial charge in [0.05, 0.1) is 16.3 Å². The van der Waals surface area contributed by atoms with E-state index >= 15 is 0 Å². The summed E-state index contributed by atoms with van der Waals surface area (Å²) in [6.07, 6.45) is 3.76. The zero-order valence-electron chi connectivity index (χ0n) is 12.6. The number of rotatable bonds is 3. The first-order valence-corrected chi connectivity index (χ1v) is 8.40. The summed E-state index contributed by atoms with van der Waals surface area (Å²) in [6, 6.07) is 2.16. The van der Waals surface area contributed by atoms with Crippen molar-refractivity contribution in [3.8, 4) is 0 Å². The van der Waals surface area contributed by atoms with E-state index in [1.807, 2.05) is 6.07 Å². The van der Waals surface area contributed by atoms with Gasteiger partial charge in [-0.25, -0.2) is 9.97 Å². The first-order valence-electron chi connectivity index (χ1n) is 7.52. The van der Waals surface area contributed by atoms with E-state index in [0.29, 0.717) is 5.89 Å². The van der Waals surface area contributed by atoms with E-state index in [9.17, 15) is 0 Å². The molecule has 0 N–H and O–H groups in total. The molecule has 1 fully saturated rings. The molecule has 4 rings (SSSR count). The van der Waals surface area contributed by atoms with Crippen LogP contribution >= 0.6 is 11.3 Å². The molecule has 0 saturated carbocycles. The molecule has 3 aromatic rings. The summed E-state index contributed by atoms with van der Waals surface area (Å²) in [5, 5.41) is 6.25. The van der Waals surface area contributed by atoms with Crippen LogP contribution in [0.2, 0.25) is 0 Å². The number of hydrogen-bond acceptors (Lipinski definition) is 7. The van der Waals surface area contributed by atoms with Crippen LogP contribution in [-0.2, 0) is 0 Å². The summed E-state index contributed by atoms with van der Waals surface area (Å²) >= 11 is 1.68. The molecule has 3 aromatic heterocycles. The fraction of sp³-hybridized carbons (Fsp3) is 0.467. The zero-order chi connectivity index (χ0) is 15.1. The molecule has 0 radical (unpaired) electrons. The molecule has 0 aromatic carbocycles. The standard InChI is InChI=1S/C15H17N5OS/c1-9(2)15-18-13(19-21-15)11-4-3-6-20(11)14-12-10(5-7-22-12)16-8-17-14/h5,7-9,11H,3-4,6H2,1-2H3. The van der Waals surface area contributed by atoms with Crippen molar-refractivity contribution in [1.29, 1.82) is 0 Å². The number of fused-ring (bicyclic) bond motifs is 1. The van der Waals surface area contributed by atoms with Crippen LogP contribution in [0.15, 0.2) is 22.3 Å². The van der Waals surface area contributed by atoms with E-state index in [-0.39, 0.29) is 12.0 Å². The van der Waals surface area contributed by atoms with Gasteiger partial charge in [-0.15, -0.1) is 11.3 Å². The van der Waals surface area contributed by atoms with Crippen LogP contribution in [0.5, 0.6) is 0 Å². The minimum Gasteiger partial charge on any atom is -0.345 e. The van der Waals surface area contributed by atoms with Gasteiger partial charge in [-0.1, -0.05) is 19.0 Å². The maximum Gasteiger partial charge on any atom is 0.229 e. The summed E-state index contributed by atoms with van der Waals surface area (Å²) in [6.45, 7) is 5.08. The third-order valence-corrected chi connectivity index (χ3v) is 4.90. The van der Waals surface area contributed by atoms with Gasteiger partial charge in [-0.2, -0.15) is 4.98 Å². The van der Waals surface area contributed by atoms with Gasteiger partial charge in [0.15, 0.2) is 11.6 Å². The van der Waals surface area contributed by atoms with E-state index in [4.69, 9.17) is 4.52 Å². The Morgan fingerprint density at radius 3 is 3.09 bits per heavy atom. The van der Waals surface area contributed by atoms with Crippen molar-refractivity contribution >= 4 is 27.4 Å². The Balaban J connectivity index is 1.72. The Hall–Kier alpha value is -2.02. The normalized spacial score (nSPS) is 18.7. The number of hydrogen-bond donors (Lipinski definition) is 0. The zero-order valence-corrected chi connectivity index (χ0v) is 13.4. The maximum absolute atomic E-state index is 5.38. The van der Waals surface area contributed by atoms with Gasteiger partial charge < -0.3 is 9.42 Å². The third-order valence-electron chi connectivity index (χ3n) is 4.00. The Bertz CT molecular complexity index is 796. The Labute approximate surface area is 132 Å². The van der Waals surface area contributed by atoms with Crippen molar-refractivity contribution in [3.05, 3.63) is 29.5 Å². The van der Waals surface area contributed by atoms with Gasteiger partial charge in [0.2, 0.25) is 5.89 Å². The number of aromatic nitrogens is 4. The molecule has 0 aliphatic carbocycles. The lowest BCUT2D eigenvalue weighted by Crippen LogP contribution is -2.24. The second-order valence-electron chi connectivity index (χ2n) is 5.83. The van der Waals surface area contributed by atoms with Crippen molar-refractivity contribution in [2.75, 3.05) is 11.4 Å². The van der Waals surface area contributed by atoms with Crippen molar-refractivity contribution in [1.82, 2.24) is 20.1 Å². The molecule has 1 atom stereocenters. The first-order chi connectivity index (χ1) is 10.7. The van der Waals surface area contributed by atoms with Crippen LogP contribution in [0.3, 0.4) is 0 Å². The summed E-state index contributed by atoms with van der Waals surface area (Å²) in [4.78, 5) is 15.7. The fourth-order valence-electron chi connectivity index (χ4n) is 2.89. The smallest absolute Gasteiger partial charge is 0.229 e. The average molecular weight is 315 g/mol. The molecular weight excluding hydrogens is 298 g/mol. The van der Waals surface area contributed by atoms with E-state index in [1.165, 1.54) is 0 Å². The van der Waals surface area contributed by atoms with Gasteiger partial charge in [0.25, 0.3) is 0 Å². The fourth-order valence-corrected chi connectivity index (χ4v) is 3.74. The highest BCUT2D eigenvalue weighted by atomic mass is 32.1. The lowest BCUT2D eigenvalue weighted by Gasteiger charge is -2.23. The van der Waals surface area contributed by atoms with Gasteiger partial charge in [-0.05, 0) is 24.3 Å². The predicted octanol–water partition coefficient (Wildman–Crippen LogP) is 3.54. The van der Waals surface area contributed by atoms with Gasteiger partial charge in [0.1, 0.15) is 6.33 Å². The lowest BCUT2D eigenvalue weighted by molar-refractivity contribution is 0.358. The monoisotopic (exact) mass is 315 g/mol. The number of anilines is 1. The van der Waals surface area contributed by atoms with Crippen LogP contribution in [0.4, 0.5) is 5.82 Å². The molecule has 1 aliphatic rings. The summed E-state index contributed by atoms with van der Waals surface area (Å²) in [5.41, 5.74) is 0.997. The molecular formula is C15H17N5OS. The minimum absolute atomic E-state index is 0.136. The van der Waals surface area contributed by atoms with Crippen molar-refractivity contribution < 1.29 is 4.52 Å². The molecule has 0 amide bonds. The summed E-state index contributed by atoms with van der Waals surface area (Å²) in [7, 11) is 0. The molecule has 1 saturated heterocycles. The molecule has 22 heavy (non-hydrogen) atoms.